The molecule has 1 aromatic heterocycles. The summed E-state index contributed by atoms with van der Waals surface area (Å²) in [6, 6.07) is 5.07. The number of ether oxygens (including phenoxy) is 1. The van der Waals surface area contributed by atoms with Crippen molar-refractivity contribution in [1.82, 2.24) is 9.88 Å². The van der Waals surface area contributed by atoms with Crippen LogP contribution in [-0.2, 0) is 24.0 Å². The van der Waals surface area contributed by atoms with E-state index in [1.165, 1.54) is 35.0 Å². The van der Waals surface area contributed by atoms with E-state index in [1.54, 1.807) is 19.1 Å². The number of carbonyl (C=O) groups is 3. The highest BCUT2D eigenvalue weighted by Crippen LogP contribution is 2.54. The molecule has 3 heterocycles. The molecule has 2 atom stereocenters. The number of fused-ring (bicyclic) bond motifs is 1. The summed E-state index contributed by atoms with van der Waals surface area (Å²) in [6.45, 7) is 1.12. The number of hydrogen-bond donors (Lipinski definition) is 1. The van der Waals surface area contributed by atoms with Crippen LogP contribution in [0.2, 0.25) is 10.0 Å². The normalized spacial score (nSPS) is 22.1. The molecule has 0 saturated carbocycles. The van der Waals surface area contributed by atoms with Crippen LogP contribution >= 0.6 is 35.0 Å². The molecule has 2 amide bonds. The van der Waals surface area contributed by atoms with Crippen LogP contribution in [0.4, 0.5) is 10.2 Å². The number of carbonyl (C=O) groups excluding carboxylic acids is 3. The smallest absolute Gasteiger partial charge is 0.330 e. The lowest BCUT2D eigenvalue weighted by Gasteiger charge is -2.33. The summed E-state index contributed by atoms with van der Waals surface area (Å²) in [5.41, 5.74) is 1.31. The third-order valence-corrected chi connectivity index (χ3v) is 7.94. The second-order valence-electron chi connectivity index (χ2n) is 7.43. The molecule has 2 aliphatic heterocycles. The number of thioether (sulfide) groups is 1. The minimum atomic E-state index is -0.840. The van der Waals surface area contributed by atoms with Crippen molar-refractivity contribution < 1.29 is 23.5 Å². The van der Waals surface area contributed by atoms with Gasteiger partial charge >= 0.3 is 5.97 Å². The maximum Gasteiger partial charge on any atom is 0.330 e. The third-order valence-electron chi connectivity index (χ3n) is 5.50. The number of nitrogens with one attached hydrogen (secondary N) is 1. The van der Waals surface area contributed by atoms with E-state index in [4.69, 9.17) is 27.9 Å². The lowest BCUT2D eigenvalue weighted by atomic mass is 10.0. The Hall–Kier alpha value is -2.36. The molecule has 7 nitrogen and oxygen atoms in total. The minimum absolute atomic E-state index is 0.107. The molecule has 2 aliphatic rings. The Morgan fingerprint density at radius 3 is 2.78 bits per heavy atom. The number of nitrogens with zero attached hydrogens (tertiary/aromatic N) is 2. The molecule has 2 aromatic rings. The van der Waals surface area contributed by atoms with Gasteiger partial charge < -0.3 is 15.0 Å². The summed E-state index contributed by atoms with van der Waals surface area (Å²) in [5.74, 6) is -1.45. The zero-order chi connectivity index (χ0) is 23.0. The van der Waals surface area contributed by atoms with Gasteiger partial charge in [0.1, 0.15) is 16.7 Å². The number of hydrogen-bond acceptors (Lipinski definition) is 6. The fraction of sp³-hybridized carbons (Fsp3) is 0.333. The number of halogens is 3. The van der Waals surface area contributed by atoms with Crippen molar-refractivity contribution in [2.75, 3.05) is 17.7 Å². The molecular formula is C21H18Cl2FN3O4S. The first-order valence-electron chi connectivity index (χ1n) is 9.72. The predicted molar refractivity (Wildman–Crippen MR) is 119 cm³/mol. The maximum atomic E-state index is 13.4. The lowest BCUT2D eigenvalue weighted by molar-refractivity contribution is -0.155. The summed E-state index contributed by atoms with van der Waals surface area (Å²) >= 11 is 13.5. The molecule has 1 aromatic carbocycles. The van der Waals surface area contributed by atoms with E-state index in [0.717, 1.165) is 5.56 Å². The molecule has 4 rings (SSSR count). The van der Waals surface area contributed by atoms with Gasteiger partial charge in [-0.1, -0.05) is 35.3 Å². The van der Waals surface area contributed by atoms with Gasteiger partial charge in [-0.2, -0.15) is 0 Å². The Morgan fingerprint density at radius 2 is 2.06 bits per heavy atom. The van der Waals surface area contributed by atoms with Gasteiger partial charge in [-0.05, 0) is 36.6 Å². The van der Waals surface area contributed by atoms with Gasteiger partial charge in [-0.25, -0.2) is 14.2 Å². The van der Waals surface area contributed by atoms with Gasteiger partial charge in [-0.15, -0.1) is 11.8 Å². The zero-order valence-corrected chi connectivity index (χ0v) is 19.2. The first-order chi connectivity index (χ1) is 15.2. The van der Waals surface area contributed by atoms with E-state index >= 15 is 0 Å². The average molecular weight is 498 g/mol. The van der Waals surface area contributed by atoms with Gasteiger partial charge in [0.05, 0.1) is 10.0 Å². The summed E-state index contributed by atoms with van der Waals surface area (Å²) in [4.78, 5) is 42.3. The number of aromatic nitrogens is 1. The fourth-order valence-corrected chi connectivity index (χ4v) is 5.90. The molecule has 168 valence electrons. The van der Waals surface area contributed by atoms with Crippen LogP contribution in [0, 0.1) is 12.7 Å². The van der Waals surface area contributed by atoms with Crippen molar-refractivity contribution in [3.05, 3.63) is 57.5 Å². The molecule has 32 heavy (non-hydrogen) atoms. The van der Waals surface area contributed by atoms with Crippen LogP contribution in [0.15, 0.2) is 30.5 Å². The lowest BCUT2D eigenvalue weighted by Crippen LogP contribution is -2.47. The van der Waals surface area contributed by atoms with E-state index in [0.29, 0.717) is 22.8 Å². The molecule has 2 saturated heterocycles. The van der Waals surface area contributed by atoms with E-state index in [1.807, 2.05) is 0 Å². The quantitative estimate of drug-likeness (QED) is 0.630. The largest absolute Gasteiger partial charge is 0.454 e. The second kappa shape index (κ2) is 8.88. The molecule has 11 heteroatoms. The molecule has 0 radical (unpaired) electrons. The summed E-state index contributed by atoms with van der Waals surface area (Å²) in [6.07, 6.45) is 2.13. The van der Waals surface area contributed by atoms with Crippen LogP contribution in [0.5, 0.6) is 0 Å². The number of pyridine rings is 1. The first-order valence-corrected chi connectivity index (χ1v) is 11.5. The van der Waals surface area contributed by atoms with E-state index in [-0.39, 0.29) is 29.0 Å². The monoisotopic (exact) mass is 497 g/mol. The summed E-state index contributed by atoms with van der Waals surface area (Å²) in [7, 11) is 0. The maximum absolute atomic E-state index is 13.4. The summed E-state index contributed by atoms with van der Waals surface area (Å²) < 4.78 is 18.6. The molecule has 2 fully saturated rings. The van der Waals surface area contributed by atoms with Crippen molar-refractivity contribution >= 4 is 58.6 Å². The highest BCUT2D eigenvalue weighted by atomic mass is 35.5. The standard InChI is InChI=1S/C21H18Cl2FN3O4S/c1-11-14(22)8-25-19(18(11)23)26-16(28)9-31-20(30)15-10-32-21(7-6-17(29)27(15)21)12-2-4-13(24)5-3-12/h2-5,8,15H,6-7,9-10H2,1H3,(H,25,26,28)/t15-,21+/m0/s1. The van der Waals surface area contributed by atoms with Crippen molar-refractivity contribution in [1.29, 1.82) is 0 Å². The molecular weight excluding hydrogens is 480 g/mol. The van der Waals surface area contributed by atoms with E-state index in [2.05, 4.69) is 10.3 Å². The van der Waals surface area contributed by atoms with Gasteiger partial charge in [0.15, 0.2) is 12.4 Å². The van der Waals surface area contributed by atoms with Gasteiger partial charge in [-0.3, -0.25) is 9.59 Å². The van der Waals surface area contributed by atoms with Crippen LogP contribution < -0.4 is 5.32 Å². The number of amides is 2. The van der Waals surface area contributed by atoms with E-state index in [9.17, 15) is 18.8 Å². The van der Waals surface area contributed by atoms with Gasteiger partial charge in [0.25, 0.3) is 5.91 Å². The van der Waals surface area contributed by atoms with Crippen LogP contribution in [0.25, 0.3) is 0 Å². The van der Waals surface area contributed by atoms with Crippen molar-refractivity contribution in [3.8, 4) is 0 Å². The van der Waals surface area contributed by atoms with Crippen LogP contribution in [-0.4, -0.2) is 46.1 Å². The van der Waals surface area contributed by atoms with Crippen molar-refractivity contribution in [2.45, 2.75) is 30.7 Å². The molecule has 0 bridgehead atoms. The number of esters is 1. The SMILES string of the molecule is Cc1c(Cl)cnc(NC(=O)COC(=O)[C@@H]2CS[C@@]3(c4ccc(F)cc4)CCC(=O)N23)c1Cl. The first kappa shape index (κ1) is 22.8. The Bertz CT molecular complexity index is 1100. The Morgan fingerprint density at radius 1 is 1.34 bits per heavy atom. The minimum Gasteiger partial charge on any atom is -0.454 e. The third kappa shape index (κ3) is 4.04. The molecule has 0 spiro atoms. The average Bonchev–Trinajstić information content (AvgIpc) is 3.32. The highest BCUT2D eigenvalue weighted by molar-refractivity contribution is 8.00. The zero-order valence-electron chi connectivity index (χ0n) is 16.9. The van der Waals surface area contributed by atoms with Gasteiger partial charge in [0, 0.05) is 18.4 Å². The Labute approximate surface area is 197 Å². The molecule has 1 N–H and O–H groups in total. The van der Waals surface area contributed by atoms with Crippen LogP contribution in [0.3, 0.4) is 0 Å². The summed E-state index contributed by atoms with van der Waals surface area (Å²) in [5, 5.41) is 3.03. The topological polar surface area (TPSA) is 88.6 Å². The molecule has 0 unspecified atom stereocenters. The fourth-order valence-electron chi connectivity index (χ4n) is 3.87. The Kier molecular flexibility index (Phi) is 6.33. The van der Waals surface area contributed by atoms with E-state index < -0.39 is 29.4 Å². The molecule has 0 aliphatic carbocycles. The Balaban J connectivity index is 1.43. The number of benzene rings is 1. The van der Waals surface area contributed by atoms with Crippen molar-refractivity contribution in [3.63, 3.8) is 0 Å². The number of anilines is 1. The second-order valence-corrected chi connectivity index (χ2v) is 9.51. The highest BCUT2D eigenvalue weighted by Gasteiger charge is 2.57. The predicted octanol–water partition coefficient (Wildman–Crippen LogP) is 3.91. The van der Waals surface area contributed by atoms with Crippen LogP contribution in [0.1, 0.15) is 24.0 Å². The number of rotatable bonds is 5. The van der Waals surface area contributed by atoms with Crippen molar-refractivity contribution in [2.24, 2.45) is 0 Å². The van der Waals surface area contributed by atoms with Gasteiger partial charge in [0.2, 0.25) is 5.91 Å².